The van der Waals surface area contributed by atoms with E-state index < -0.39 is 29.7 Å². The van der Waals surface area contributed by atoms with Crippen LogP contribution in [0.15, 0.2) is 12.1 Å². The smallest absolute Gasteiger partial charge is 0.338 e. The Labute approximate surface area is 112 Å². The zero-order chi connectivity index (χ0) is 15.1. The summed E-state index contributed by atoms with van der Waals surface area (Å²) in [5.41, 5.74) is 0.859. The van der Waals surface area contributed by atoms with E-state index in [1.807, 2.05) is 0 Å². The van der Waals surface area contributed by atoms with Gasteiger partial charge in [0.15, 0.2) is 5.78 Å². The topological polar surface area (TPSA) is 46.2 Å². The Morgan fingerprint density at radius 2 is 2.00 bits per heavy atom. The Hall–Kier alpha value is -1.92. The molecule has 1 atom stereocenters. The lowest BCUT2D eigenvalue weighted by molar-refractivity contribution is -0.174. The number of benzene rings is 1. The van der Waals surface area contributed by atoms with Gasteiger partial charge in [-0.1, -0.05) is 0 Å². The van der Waals surface area contributed by atoms with Gasteiger partial charge in [0, 0.05) is 5.56 Å². The van der Waals surface area contributed by atoms with E-state index in [1.54, 1.807) is 5.32 Å². The minimum atomic E-state index is -5.03. The molecule has 0 spiro atoms. The molecular weight excluding hydrogens is 278 g/mol. The van der Waals surface area contributed by atoms with Crippen molar-refractivity contribution in [3.63, 3.8) is 0 Å². The van der Waals surface area contributed by atoms with Crippen LogP contribution < -0.4 is 5.32 Å². The summed E-state index contributed by atoms with van der Waals surface area (Å²) in [6.45, 7) is 1.46. The first-order chi connectivity index (χ1) is 9.20. The van der Waals surface area contributed by atoms with Gasteiger partial charge in [-0.2, -0.15) is 13.2 Å². The first kappa shape index (κ1) is 14.5. The molecule has 0 unspecified atom stereocenters. The molecule has 0 saturated carbocycles. The largest absolute Gasteiger partial charge is 0.471 e. The summed E-state index contributed by atoms with van der Waals surface area (Å²) in [7, 11) is 0. The lowest BCUT2D eigenvalue weighted by Gasteiger charge is -2.25. The normalized spacial score (nSPS) is 18.6. The second kappa shape index (κ2) is 4.88. The third kappa shape index (κ3) is 2.66. The van der Waals surface area contributed by atoms with E-state index in [1.165, 1.54) is 19.1 Å². The van der Waals surface area contributed by atoms with Gasteiger partial charge in [0.25, 0.3) is 0 Å². The van der Waals surface area contributed by atoms with Gasteiger partial charge in [-0.05, 0) is 43.0 Å². The Bertz CT molecular complexity index is 580. The number of Topliss-reactive ketones (excluding diaryl/α,β-unsaturated/α-hetero) is 1. The van der Waals surface area contributed by atoms with Gasteiger partial charge in [0.1, 0.15) is 5.82 Å². The van der Waals surface area contributed by atoms with Crippen LogP contribution >= 0.6 is 0 Å². The van der Waals surface area contributed by atoms with Crippen molar-refractivity contribution in [1.29, 1.82) is 0 Å². The molecule has 1 aliphatic carbocycles. The predicted molar refractivity (Wildman–Crippen MR) is 61.8 cm³/mol. The molecule has 108 valence electrons. The van der Waals surface area contributed by atoms with Gasteiger partial charge in [-0.3, -0.25) is 9.59 Å². The Kier molecular flexibility index (Phi) is 3.54. The number of hydrogen-bond acceptors (Lipinski definition) is 2. The zero-order valence-corrected chi connectivity index (χ0v) is 10.5. The highest BCUT2D eigenvalue weighted by molar-refractivity contribution is 6.04. The third-order valence-corrected chi connectivity index (χ3v) is 3.23. The van der Waals surface area contributed by atoms with E-state index in [2.05, 4.69) is 0 Å². The molecule has 0 aliphatic heterocycles. The molecule has 0 bridgehead atoms. The average molecular weight is 289 g/mol. The fourth-order valence-corrected chi connectivity index (χ4v) is 2.16. The molecule has 0 heterocycles. The third-order valence-electron chi connectivity index (χ3n) is 3.23. The number of aryl methyl sites for hydroxylation is 2. The standard InChI is InChI=1S/C13H11F4NO2/c1-6-4-8-7(5-9(6)14)2-3-10(11(8)19)18-12(20)13(15,16)17/h4-5,10H,2-3H2,1H3,(H,18,20)/t10-/m1/s1. The molecule has 3 nitrogen and oxygen atoms in total. The molecule has 2 rings (SSSR count). The van der Waals surface area contributed by atoms with Crippen molar-refractivity contribution in [2.45, 2.75) is 32.0 Å². The molecule has 1 aromatic rings. The van der Waals surface area contributed by atoms with Crippen molar-refractivity contribution in [2.75, 3.05) is 0 Å². The Morgan fingerprint density at radius 3 is 2.60 bits per heavy atom. The van der Waals surface area contributed by atoms with Crippen LogP contribution in [0.1, 0.15) is 27.9 Å². The SMILES string of the molecule is Cc1cc2c(cc1F)CC[C@@H](NC(=O)C(F)(F)F)C2=O. The number of carbonyl (C=O) groups excluding carboxylic acids is 2. The van der Waals surface area contributed by atoms with Crippen LogP contribution in [0.25, 0.3) is 0 Å². The molecule has 1 amide bonds. The van der Waals surface area contributed by atoms with Gasteiger partial charge >= 0.3 is 12.1 Å². The number of carbonyl (C=O) groups is 2. The number of alkyl halides is 3. The molecule has 0 aromatic heterocycles. The lowest BCUT2D eigenvalue weighted by Crippen LogP contribution is -2.48. The van der Waals surface area contributed by atoms with E-state index >= 15 is 0 Å². The van der Waals surface area contributed by atoms with Crippen molar-refractivity contribution < 1.29 is 27.2 Å². The van der Waals surface area contributed by atoms with Crippen LogP contribution in [0.4, 0.5) is 17.6 Å². The molecular formula is C13H11F4NO2. The number of ketones is 1. The minimum Gasteiger partial charge on any atom is -0.338 e. The molecule has 0 saturated heterocycles. The van der Waals surface area contributed by atoms with Crippen molar-refractivity contribution in [3.05, 3.63) is 34.6 Å². The van der Waals surface area contributed by atoms with Crippen LogP contribution in [0, 0.1) is 12.7 Å². The molecule has 0 radical (unpaired) electrons. The van der Waals surface area contributed by atoms with E-state index in [-0.39, 0.29) is 24.0 Å². The average Bonchev–Trinajstić information content (AvgIpc) is 2.34. The summed E-state index contributed by atoms with van der Waals surface area (Å²) in [6.07, 6.45) is -4.77. The van der Waals surface area contributed by atoms with Crippen LogP contribution in [0.2, 0.25) is 0 Å². The van der Waals surface area contributed by atoms with Gasteiger partial charge in [-0.25, -0.2) is 4.39 Å². The second-order valence-electron chi connectivity index (χ2n) is 4.69. The summed E-state index contributed by atoms with van der Waals surface area (Å²) < 4.78 is 49.9. The Morgan fingerprint density at radius 1 is 1.35 bits per heavy atom. The van der Waals surface area contributed by atoms with Crippen LogP contribution in [-0.4, -0.2) is 23.9 Å². The highest BCUT2D eigenvalue weighted by Crippen LogP contribution is 2.25. The number of nitrogens with one attached hydrogen (secondary N) is 1. The number of amides is 1. The van der Waals surface area contributed by atoms with E-state index in [0.29, 0.717) is 5.56 Å². The van der Waals surface area contributed by atoms with Gasteiger partial charge in [-0.15, -0.1) is 0 Å². The first-order valence-corrected chi connectivity index (χ1v) is 5.91. The number of rotatable bonds is 1. The van der Waals surface area contributed by atoms with Crippen molar-refractivity contribution in [2.24, 2.45) is 0 Å². The molecule has 20 heavy (non-hydrogen) atoms. The predicted octanol–water partition coefficient (Wildman–Crippen LogP) is 2.31. The van der Waals surface area contributed by atoms with E-state index in [9.17, 15) is 27.2 Å². The van der Waals surface area contributed by atoms with Crippen LogP contribution in [-0.2, 0) is 11.2 Å². The highest BCUT2D eigenvalue weighted by atomic mass is 19.4. The summed E-state index contributed by atoms with van der Waals surface area (Å²) in [4.78, 5) is 22.9. The summed E-state index contributed by atoms with van der Waals surface area (Å²) in [6, 6.07) is 1.30. The quantitative estimate of drug-likeness (QED) is 0.806. The minimum absolute atomic E-state index is 0.0240. The van der Waals surface area contributed by atoms with Gasteiger partial charge < -0.3 is 5.32 Å². The maximum absolute atomic E-state index is 13.4. The zero-order valence-electron chi connectivity index (χ0n) is 10.5. The Balaban J connectivity index is 2.24. The summed E-state index contributed by atoms with van der Waals surface area (Å²) >= 11 is 0. The lowest BCUT2D eigenvalue weighted by atomic mass is 9.86. The first-order valence-electron chi connectivity index (χ1n) is 5.91. The summed E-state index contributed by atoms with van der Waals surface area (Å²) in [5.74, 6) is -3.22. The maximum Gasteiger partial charge on any atom is 0.471 e. The highest BCUT2D eigenvalue weighted by Gasteiger charge is 2.41. The molecule has 1 aromatic carbocycles. The molecule has 7 heteroatoms. The van der Waals surface area contributed by atoms with Crippen molar-refractivity contribution in [1.82, 2.24) is 5.32 Å². The number of hydrogen-bond donors (Lipinski definition) is 1. The monoisotopic (exact) mass is 289 g/mol. The van der Waals surface area contributed by atoms with Crippen LogP contribution in [0.3, 0.4) is 0 Å². The van der Waals surface area contributed by atoms with Crippen LogP contribution in [0.5, 0.6) is 0 Å². The second-order valence-corrected chi connectivity index (χ2v) is 4.69. The molecule has 0 fully saturated rings. The van der Waals surface area contributed by atoms with Crippen molar-refractivity contribution >= 4 is 11.7 Å². The maximum atomic E-state index is 13.4. The fraction of sp³-hybridized carbons (Fsp3) is 0.385. The molecule has 1 N–H and O–H groups in total. The summed E-state index contributed by atoms with van der Waals surface area (Å²) in [5, 5.41) is 1.68. The number of fused-ring (bicyclic) bond motifs is 1. The fourth-order valence-electron chi connectivity index (χ4n) is 2.16. The molecule has 1 aliphatic rings. The van der Waals surface area contributed by atoms with Crippen molar-refractivity contribution in [3.8, 4) is 0 Å². The number of halogens is 4. The van der Waals surface area contributed by atoms with E-state index in [4.69, 9.17) is 0 Å². The van der Waals surface area contributed by atoms with Gasteiger partial charge in [0.05, 0.1) is 6.04 Å². The van der Waals surface area contributed by atoms with Gasteiger partial charge in [0.2, 0.25) is 0 Å². The van der Waals surface area contributed by atoms with E-state index in [0.717, 1.165) is 0 Å².